The Morgan fingerprint density at radius 2 is 2.18 bits per heavy atom. The number of hydrogen-bond donors (Lipinski definition) is 1. The van der Waals surface area contributed by atoms with Crippen molar-refractivity contribution in [2.45, 2.75) is 6.92 Å². The van der Waals surface area contributed by atoms with Crippen LogP contribution in [0.25, 0.3) is 16.8 Å². The lowest BCUT2D eigenvalue weighted by Gasteiger charge is -2.05. The Morgan fingerprint density at radius 3 is 2.82 bits per heavy atom. The summed E-state index contributed by atoms with van der Waals surface area (Å²) in [7, 11) is 0. The van der Waals surface area contributed by atoms with Crippen molar-refractivity contribution < 1.29 is 4.39 Å². The van der Waals surface area contributed by atoms with Crippen LogP contribution in [0.1, 0.15) is 12.6 Å². The number of hydrogen-bond acceptors (Lipinski definition) is 2. The molecule has 0 atom stereocenters. The number of pyridine rings is 1. The van der Waals surface area contributed by atoms with Crippen LogP contribution in [0.3, 0.4) is 0 Å². The number of aromatic nitrogens is 1. The lowest BCUT2D eigenvalue weighted by molar-refractivity contribution is 0.629. The average molecular weight is 230 g/mol. The summed E-state index contributed by atoms with van der Waals surface area (Å²) < 4.78 is 13.1. The van der Waals surface area contributed by atoms with Gasteiger partial charge in [-0.3, -0.25) is 9.79 Å². The third-order valence-corrected chi connectivity index (χ3v) is 2.45. The van der Waals surface area contributed by atoms with Gasteiger partial charge >= 0.3 is 0 Å². The zero-order valence-corrected chi connectivity index (χ0v) is 9.33. The molecule has 3 nitrogen and oxygen atoms in total. The molecule has 0 aliphatic rings. The molecule has 0 radical (unpaired) electrons. The Hall–Kier alpha value is -2.23. The standard InChI is InChI=1S/C13H11FN2O/c1-3-11-12(15-4-2)9-6-5-8(14)7-10(9)13(17)16-11/h3-7H,1H2,2H3,(H,16,17)/b15-4-. The van der Waals surface area contributed by atoms with Crippen LogP contribution in [-0.2, 0) is 0 Å². The molecule has 2 aromatic rings. The van der Waals surface area contributed by atoms with E-state index in [-0.39, 0.29) is 10.9 Å². The molecule has 1 heterocycles. The first-order chi connectivity index (χ1) is 8.17. The summed E-state index contributed by atoms with van der Waals surface area (Å²) in [6, 6.07) is 4.06. The van der Waals surface area contributed by atoms with Crippen LogP contribution in [0.2, 0.25) is 0 Å². The predicted octanol–water partition coefficient (Wildman–Crippen LogP) is 3.03. The van der Waals surface area contributed by atoms with Crippen molar-refractivity contribution in [3.05, 3.63) is 46.6 Å². The van der Waals surface area contributed by atoms with E-state index < -0.39 is 5.82 Å². The first-order valence-electron chi connectivity index (χ1n) is 5.14. The highest BCUT2D eigenvalue weighted by Crippen LogP contribution is 2.27. The second-order valence-electron chi connectivity index (χ2n) is 3.50. The van der Waals surface area contributed by atoms with Crippen molar-refractivity contribution in [3.63, 3.8) is 0 Å². The first kappa shape index (κ1) is 11.3. The first-order valence-corrected chi connectivity index (χ1v) is 5.14. The van der Waals surface area contributed by atoms with Gasteiger partial charge in [0.1, 0.15) is 5.82 Å². The van der Waals surface area contributed by atoms with Crippen LogP contribution in [0, 0.1) is 5.82 Å². The number of H-pyrrole nitrogens is 1. The van der Waals surface area contributed by atoms with E-state index in [1.807, 2.05) is 0 Å². The molecule has 0 unspecified atom stereocenters. The van der Waals surface area contributed by atoms with Crippen molar-refractivity contribution in [1.82, 2.24) is 4.98 Å². The zero-order valence-electron chi connectivity index (χ0n) is 9.33. The molecule has 4 heteroatoms. The molecule has 1 N–H and O–H groups in total. The van der Waals surface area contributed by atoms with Gasteiger partial charge in [-0.15, -0.1) is 0 Å². The molecule has 0 spiro atoms. The number of aliphatic imine (C=N–C) groups is 1. The lowest BCUT2D eigenvalue weighted by Crippen LogP contribution is -2.08. The van der Waals surface area contributed by atoms with Crippen LogP contribution in [0.4, 0.5) is 10.1 Å². The lowest BCUT2D eigenvalue weighted by atomic mass is 10.1. The monoisotopic (exact) mass is 230 g/mol. The zero-order chi connectivity index (χ0) is 12.4. The minimum atomic E-state index is -0.444. The number of aromatic amines is 1. The quantitative estimate of drug-likeness (QED) is 0.792. The summed E-state index contributed by atoms with van der Waals surface area (Å²) in [6.07, 6.45) is 3.13. The molecule has 1 aromatic carbocycles. The Bertz CT molecular complexity index is 671. The third kappa shape index (κ3) is 1.89. The molecule has 2 rings (SSSR count). The van der Waals surface area contributed by atoms with Gasteiger partial charge in [-0.25, -0.2) is 4.39 Å². The Labute approximate surface area is 97.3 Å². The SMILES string of the molecule is C=Cc1[nH]c(=O)c2cc(F)ccc2c1/N=C\C. The van der Waals surface area contributed by atoms with Gasteiger partial charge in [0, 0.05) is 11.6 Å². The summed E-state index contributed by atoms with van der Waals surface area (Å²) in [5, 5.41) is 0.902. The normalized spacial score (nSPS) is 11.2. The summed E-state index contributed by atoms with van der Waals surface area (Å²) in [4.78, 5) is 18.6. The molecule has 86 valence electrons. The number of nitrogens with one attached hydrogen (secondary N) is 1. The molecule has 17 heavy (non-hydrogen) atoms. The van der Waals surface area contributed by atoms with Gasteiger partial charge < -0.3 is 4.98 Å². The summed E-state index contributed by atoms with van der Waals surface area (Å²) in [5.74, 6) is -0.444. The van der Waals surface area contributed by atoms with Gasteiger partial charge in [0.2, 0.25) is 0 Å². The third-order valence-electron chi connectivity index (χ3n) is 2.45. The molecular weight excluding hydrogens is 219 g/mol. The van der Waals surface area contributed by atoms with Crippen LogP contribution in [0.5, 0.6) is 0 Å². The van der Waals surface area contributed by atoms with E-state index in [2.05, 4.69) is 16.6 Å². The molecule has 0 saturated carbocycles. The fourth-order valence-electron chi connectivity index (χ4n) is 1.72. The van der Waals surface area contributed by atoms with Gasteiger partial charge in [-0.1, -0.05) is 6.58 Å². The van der Waals surface area contributed by atoms with Crippen LogP contribution < -0.4 is 5.56 Å². The molecule has 0 fully saturated rings. The smallest absolute Gasteiger partial charge is 0.256 e. The number of rotatable bonds is 2. The Balaban J connectivity index is 2.98. The van der Waals surface area contributed by atoms with Gasteiger partial charge in [0.25, 0.3) is 5.56 Å². The number of benzene rings is 1. The number of nitrogens with zero attached hydrogens (tertiary/aromatic N) is 1. The minimum Gasteiger partial charge on any atom is -0.320 e. The van der Waals surface area contributed by atoms with Gasteiger partial charge in [-0.05, 0) is 31.2 Å². The molecule has 1 aromatic heterocycles. The fraction of sp³-hybridized carbons (Fsp3) is 0.0769. The average Bonchev–Trinajstić information content (AvgIpc) is 2.33. The molecule has 0 aliphatic heterocycles. The van der Waals surface area contributed by atoms with Crippen LogP contribution in [-0.4, -0.2) is 11.2 Å². The number of fused-ring (bicyclic) bond motifs is 1. The maximum Gasteiger partial charge on any atom is 0.256 e. The number of halogens is 1. The van der Waals surface area contributed by atoms with Crippen molar-refractivity contribution in [1.29, 1.82) is 0 Å². The molecule has 0 saturated heterocycles. The molecule has 0 amide bonds. The van der Waals surface area contributed by atoms with Crippen molar-refractivity contribution >= 4 is 28.8 Å². The summed E-state index contributed by atoms with van der Waals surface area (Å²) in [5.41, 5.74) is 0.786. The minimum absolute atomic E-state index is 0.288. The van der Waals surface area contributed by atoms with E-state index in [0.29, 0.717) is 16.8 Å². The van der Waals surface area contributed by atoms with E-state index in [9.17, 15) is 9.18 Å². The second-order valence-corrected chi connectivity index (χ2v) is 3.50. The van der Waals surface area contributed by atoms with E-state index in [4.69, 9.17) is 0 Å². The van der Waals surface area contributed by atoms with Crippen molar-refractivity contribution in [3.8, 4) is 0 Å². The van der Waals surface area contributed by atoms with Gasteiger partial charge in [0.15, 0.2) is 0 Å². The van der Waals surface area contributed by atoms with E-state index in [1.165, 1.54) is 18.2 Å². The second kappa shape index (κ2) is 4.33. The topological polar surface area (TPSA) is 45.2 Å². The molecule has 0 aliphatic carbocycles. The van der Waals surface area contributed by atoms with Gasteiger partial charge in [-0.2, -0.15) is 0 Å². The van der Waals surface area contributed by atoms with E-state index in [1.54, 1.807) is 19.2 Å². The maximum absolute atomic E-state index is 13.1. The van der Waals surface area contributed by atoms with E-state index in [0.717, 1.165) is 0 Å². The highest BCUT2D eigenvalue weighted by molar-refractivity contribution is 5.95. The summed E-state index contributed by atoms with van der Waals surface area (Å²) in [6.45, 7) is 5.39. The highest BCUT2D eigenvalue weighted by Gasteiger charge is 2.09. The largest absolute Gasteiger partial charge is 0.320 e. The van der Waals surface area contributed by atoms with E-state index >= 15 is 0 Å². The maximum atomic E-state index is 13.1. The van der Waals surface area contributed by atoms with Crippen LogP contribution >= 0.6 is 0 Å². The highest BCUT2D eigenvalue weighted by atomic mass is 19.1. The fourth-order valence-corrected chi connectivity index (χ4v) is 1.72. The van der Waals surface area contributed by atoms with Crippen molar-refractivity contribution in [2.75, 3.05) is 0 Å². The molecule has 0 bridgehead atoms. The Morgan fingerprint density at radius 1 is 1.41 bits per heavy atom. The molecular formula is C13H11FN2O. The van der Waals surface area contributed by atoms with Crippen molar-refractivity contribution in [2.24, 2.45) is 4.99 Å². The summed E-state index contributed by atoms with van der Waals surface area (Å²) >= 11 is 0. The van der Waals surface area contributed by atoms with Crippen LogP contribution in [0.15, 0.2) is 34.6 Å². The van der Waals surface area contributed by atoms with Gasteiger partial charge in [0.05, 0.1) is 16.8 Å². The predicted molar refractivity (Wildman–Crippen MR) is 68.4 cm³/mol. The Kier molecular flexibility index (Phi) is 2.87.